The monoisotopic (exact) mass is 272 g/mol. The molecule has 0 fully saturated rings. The first kappa shape index (κ1) is 14.8. The third kappa shape index (κ3) is 5.89. The first-order valence-corrected chi connectivity index (χ1v) is 6.30. The smallest absolute Gasteiger partial charge is 0.435 e. The molecule has 1 atom stereocenters. The van der Waals surface area contributed by atoms with E-state index in [0.717, 1.165) is 5.56 Å². The van der Waals surface area contributed by atoms with Crippen LogP contribution in [0.4, 0.5) is 4.79 Å². The molecule has 0 radical (unpaired) electrons. The van der Waals surface area contributed by atoms with Gasteiger partial charge in [0.25, 0.3) is 0 Å². The van der Waals surface area contributed by atoms with E-state index in [0.29, 0.717) is 6.61 Å². The van der Waals surface area contributed by atoms with E-state index in [-0.39, 0.29) is 19.1 Å². The summed E-state index contributed by atoms with van der Waals surface area (Å²) >= 11 is 5.68. The fraction of sp³-hybridized carbons (Fsp3) is 0.462. The second-order valence-corrected chi connectivity index (χ2v) is 3.89. The molecule has 0 heterocycles. The SMILES string of the molecule is CCOC(=O)OC(CCl)COCc1ccccc1. The topological polar surface area (TPSA) is 44.8 Å². The number of carbonyl (C=O) groups excluding carboxylic acids is 1. The molecule has 5 heteroatoms. The quantitative estimate of drug-likeness (QED) is 0.565. The molecule has 0 aliphatic heterocycles. The number of hydrogen-bond donors (Lipinski definition) is 0. The maximum absolute atomic E-state index is 11.1. The Morgan fingerprint density at radius 3 is 2.67 bits per heavy atom. The summed E-state index contributed by atoms with van der Waals surface area (Å²) < 4.78 is 15.1. The van der Waals surface area contributed by atoms with Crippen molar-refractivity contribution in [3.8, 4) is 0 Å². The van der Waals surface area contributed by atoms with Gasteiger partial charge in [-0.25, -0.2) is 4.79 Å². The van der Waals surface area contributed by atoms with Crippen molar-refractivity contribution >= 4 is 17.8 Å². The molecule has 1 rings (SSSR count). The Balaban J connectivity index is 2.25. The van der Waals surface area contributed by atoms with Gasteiger partial charge in [-0.1, -0.05) is 30.3 Å². The molecule has 18 heavy (non-hydrogen) atoms. The van der Waals surface area contributed by atoms with Crippen molar-refractivity contribution in [2.24, 2.45) is 0 Å². The van der Waals surface area contributed by atoms with Gasteiger partial charge in [0.05, 0.1) is 25.7 Å². The molecule has 0 saturated heterocycles. The molecule has 0 amide bonds. The minimum Gasteiger partial charge on any atom is -0.435 e. The normalized spacial score (nSPS) is 11.9. The van der Waals surface area contributed by atoms with Crippen molar-refractivity contribution in [3.63, 3.8) is 0 Å². The highest BCUT2D eigenvalue weighted by molar-refractivity contribution is 6.18. The molecule has 0 aliphatic carbocycles. The van der Waals surface area contributed by atoms with E-state index in [9.17, 15) is 4.79 Å². The summed E-state index contributed by atoms with van der Waals surface area (Å²) in [5.41, 5.74) is 1.06. The zero-order valence-electron chi connectivity index (χ0n) is 10.3. The van der Waals surface area contributed by atoms with Crippen LogP contribution in [0.2, 0.25) is 0 Å². The minimum atomic E-state index is -0.716. The lowest BCUT2D eigenvalue weighted by molar-refractivity contribution is -0.0101. The van der Waals surface area contributed by atoms with Crippen molar-refractivity contribution in [1.29, 1.82) is 0 Å². The Morgan fingerprint density at radius 1 is 1.33 bits per heavy atom. The predicted molar refractivity (Wildman–Crippen MR) is 68.7 cm³/mol. The molecule has 0 bridgehead atoms. The summed E-state index contributed by atoms with van der Waals surface area (Å²) in [5.74, 6) is 0.174. The van der Waals surface area contributed by atoms with Gasteiger partial charge in [0.15, 0.2) is 0 Å². The first-order valence-electron chi connectivity index (χ1n) is 5.77. The van der Waals surface area contributed by atoms with Crippen LogP contribution in [0.1, 0.15) is 12.5 Å². The van der Waals surface area contributed by atoms with Crippen molar-refractivity contribution in [1.82, 2.24) is 0 Å². The van der Waals surface area contributed by atoms with Gasteiger partial charge in [0.2, 0.25) is 0 Å². The Morgan fingerprint density at radius 2 is 2.06 bits per heavy atom. The predicted octanol–water partition coefficient (Wildman–Crippen LogP) is 2.98. The molecule has 0 aromatic heterocycles. The van der Waals surface area contributed by atoms with Gasteiger partial charge in [-0.15, -0.1) is 11.6 Å². The van der Waals surface area contributed by atoms with E-state index >= 15 is 0 Å². The molecule has 1 aromatic carbocycles. The Labute approximate surface area is 112 Å². The number of alkyl halides is 1. The Bertz CT molecular complexity index is 342. The highest BCUT2D eigenvalue weighted by Gasteiger charge is 2.14. The third-order valence-electron chi connectivity index (χ3n) is 2.11. The molecule has 100 valence electrons. The molecular weight excluding hydrogens is 256 g/mol. The van der Waals surface area contributed by atoms with E-state index in [1.54, 1.807) is 6.92 Å². The molecule has 0 N–H and O–H groups in total. The van der Waals surface area contributed by atoms with E-state index in [1.165, 1.54) is 0 Å². The summed E-state index contributed by atoms with van der Waals surface area (Å²) in [4.78, 5) is 11.1. The van der Waals surface area contributed by atoms with Crippen LogP contribution in [0, 0.1) is 0 Å². The largest absolute Gasteiger partial charge is 0.508 e. The van der Waals surface area contributed by atoms with E-state index in [2.05, 4.69) is 4.74 Å². The van der Waals surface area contributed by atoms with Crippen molar-refractivity contribution < 1.29 is 19.0 Å². The summed E-state index contributed by atoms with van der Waals surface area (Å²) in [7, 11) is 0. The lowest BCUT2D eigenvalue weighted by Gasteiger charge is -2.14. The molecule has 0 saturated carbocycles. The number of hydrogen-bond acceptors (Lipinski definition) is 4. The third-order valence-corrected chi connectivity index (χ3v) is 2.46. The molecule has 0 spiro atoms. The van der Waals surface area contributed by atoms with Gasteiger partial charge in [0, 0.05) is 0 Å². The Kier molecular flexibility index (Phi) is 7.22. The fourth-order valence-corrected chi connectivity index (χ4v) is 1.43. The van der Waals surface area contributed by atoms with Crippen LogP contribution in [-0.2, 0) is 20.8 Å². The number of benzene rings is 1. The maximum Gasteiger partial charge on any atom is 0.508 e. The zero-order chi connectivity index (χ0) is 13.2. The number of ether oxygens (including phenoxy) is 3. The molecule has 1 unspecified atom stereocenters. The summed E-state index contributed by atoms with van der Waals surface area (Å²) in [6, 6.07) is 9.73. The van der Waals surface area contributed by atoms with E-state index < -0.39 is 12.3 Å². The second kappa shape index (κ2) is 8.78. The van der Waals surface area contributed by atoms with Crippen LogP contribution in [0.15, 0.2) is 30.3 Å². The number of carbonyl (C=O) groups is 1. The highest BCUT2D eigenvalue weighted by Crippen LogP contribution is 2.04. The van der Waals surface area contributed by atoms with Crippen LogP contribution in [0.5, 0.6) is 0 Å². The van der Waals surface area contributed by atoms with Crippen molar-refractivity contribution in [2.75, 3.05) is 19.1 Å². The molecular formula is C13H17ClO4. The minimum absolute atomic E-state index is 0.174. The summed E-state index contributed by atoms with van der Waals surface area (Å²) in [6.07, 6.45) is -1.21. The van der Waals surface area contributed by atoms with Crippen molar-refractivity contribution in [2.45, 2.75) is 19.6 Å². The first-order chi connectivity index (χ1) is 8.76. The van der Waals surface area contributed by atoms with Crippen molar-refractivity contribution in [3.05, 3.63) is 35.9 Å². The van der Waals surface area contributed by atoms with E-state index in [4.69, 9.17) is 21.1 Å². The van der Waals surface area contributed by atoms with Gasteiger partial charge in [-0.05, 0) is 12.5 Å². The molecule has 4 nitrogen and oxygen atoms in total. The van der Waals surface area contributed by atoms with Gasteiger partial charge in [-0.2, -0.15) is 0 Å². The van der Waals surface area contributed by atoms with Gasteiger partial charge in [0.1, 0.15) is 6.10 Å². The summed E-state index contributed by atoms with van der Waals surface area (Å²) in [6.45, 7) is 2.69. The average Bonchev–Trinajstić information content (AvgIpc) is 2.39. The zero-order valence-corrected chi connectivity index (χ0v) is 11.1. The van der Waals surface area contributed by atoms with Crippen LogP contribution < -0.4 is 0 Å². The van der Waals surface area contributed by atoms with Crippen LogP contribution >= 0.6 is 11.6 Å². The maximum atomic E-state index is 11.1. The lowest BCUT2D eigenvalue weighted by atomic mass is 10.2. The standard InChI is InChI=1S/C13H17ClO4/c1-2-17-13(15)18-12(8-14)10-16-9-11-6-4-3-5-7-11/h3-7,12H,2,8-10H2,1H3. The van der Waals surface area contributed by atoms with Crippen LogP contribution in [0.25, 0.3) is 0 Å². The highest BCUT2D eigenvalue weighted by atomic mass is 35.5. The number of halogens is 1. The second-order valence-electron chi connectivity index (χ2n) is 3.58. The lowest BCUT2D eigenvalue weighted by Crippen LogP contribution is -2.25. The van der Waals surface area contributed by atoms with Crippen LogP contribution in [-0.4, -0.2) is 31.4 Å². The Hall–Kier alpha value is -1.26. The van der Waals surface area contributed by atoms with E-state index in [1.807, 2.05) is 30.3 Å². The van der Waals surface area contributed by atoms with Gasteiger partial charge < -0.3 is 14.2 Å². The van der Waals surface area contributed by atoms with Gasteiger partial charge in [-0.3, -0.25) is 0 Å². The number of rotatable bonds is 7. The summed E-state index contributed by atoms with van der Waals surface area (Å²) in [5, 5.41) is 0. The molecule has 0 aliphatic rings. The fourth-order valence-electron chi connectivity index (χ4n) is 1.28. The van der Waals surface area contributed by atoms with Gasteiger partial charge >= 0.3 is 6.16 Å². The average molecular weight is 273 g/mol. The van der Waals surface area contributed by atoms with Crippen LogP contribution in [0.3, 0.4) is 0 Å². The molecule has 1 aromatic rings.